The molecule has 0 heterocycles. The number of ether oxygens (including phenoxy) is 1. The summed E-state index contributed by atoms with van der Waals surface area (Å²) in [6.07, 6.45) is 0.744. The molecule has 0 unspecified atom stereocenters. The van der Waals surface area contributed by atoms with Crippen molar-refractivity contribution in [3.63, 3.8) is 0 Å². The first-order valence-corrected chi connectivity index (χ1v) is 6.04. The van der Waals surface area contributed by atoms with E-state index in [-0.39, 0.29) is 5.97 Å². The number of rotatable bonds is 4. The average molecular weight is 243 g/mol. The van der Waals surface area contributed by atoms with Gasteiger partial charge in [0.05, 0.1) is 6.61 Å². The summed E-state index contributed by atoms with van der Waals surface area (Å²) in [6.45, 7) is 2.42. The van der Waals surface area contributed by atoms with E-state index in [9.17, 15) is 4.79 Å². The predicted octanol–water partition coefficient (Wildman–Crippen LogP) is 2.40. The van der Waals surface area contributed by atoms with Crippen LogP contribution in [0.15, 0.2) is 36.4 Å². The normalized spacial score (nSPS) is 10.6. The second kappa shape index (κ2) is 5.65. The Morgan fingerprint density at radius 2 is 1.72 bits per heavy atom. The zero-order valence-electron chi connectivity index (χ0n) is 10.5. The molecule has 2 aromatic carbocycles. The Kier molecular flexibility index (Phi) is 3.95. The Bertz CT molecular complexity index is 563. The zero-order valence-corrected chi connectivity index (χ0v) is 10.5. The molecule has 0 amide bonds. The summed E-state index contributed by atoms with van der Waals surface area (Å²) >= 11 is 0. The quantitative estimate of drug-likeness (QED) is 0.839. The van der Waals surface area contributed by atoms with Crippen LogP contribution in [0.3, 0.4) is 0 Å². The second-order valence-electron chi connectivity index (χ2n) is 4.31. The van der Waals surface area contributed by atoms with Crippen molar-refractivity contribution >= 4 is 16.7 Å². The molecule has 0 saturated heterocycles. The molecular formula is C15H17NO2. The van der Waals surface area contributed by atoms with Crippen LogP contribution >= 0.6 is 0 Å². The van der Waals surface area contributed by atoms with Crippen LogP contribution in [-0.4, -0.2) is 12.6 Å². The highest BCUT2D eigenvalue weighted by atomic mass is 16.5. The minimum atomic E-state index is -0.233. The molecule has 0 bridgehead atoms. The molecule has 0 atom stereocenters. The first-order chi connectivity index (χ1) is 8.69. The Hall–Kier alpha value is -1.87. The molecule has 0 aliphatic rings. The maximum absolute atomic E-state index is 10.7. The molecule has 0 aliphatic carbocycles. The maximum atomic E-state index is 10.7. The molecule has 0 aromatic heterocycles. The molecule has 3 nitrogen and oxygen atoms in total. The third-order valence-corrected chi connectivity index (χ3v) is 2.90. The number of nitrogens with two attached hydrogens (primary N) is 1. The van der Waals surface area contributed by atoms with E-state index in [4.69, 9.17) is 10.5 Å². The molecule has 2 N–H and O–H groups in total. The Balaban J connectivity index is 2.15. The van der Waals surface area contributed by atoms with E-state index < -0.39 is 0 Å². The lowest BCUT2D eigenvalue weighted by Gasteiger charge is -2.05. The van der Waals surface area contributed by atoms with Gasteiger partial charge in [-0.2, -0.15) is 0 Å². The minimum absolute atomic E-state index is 0.233. The van der Waals surface area contributed by atoms with Crippen molar-refractivity contribution in [3.05, 3.63) is 47.5 Å². The van der Waals surface area contributed by atoms with Crippen LogP contribution < -0.4 is 5.73 Å². The van der Waals surface area contributed by atoms with Crippen molar-refractivity contribution < 1.29 is 9.53 Å². The van der Waals surface area contributed by atoms with E-state index in [1.165, 1.54) is 23.3 Å². The van der Waals surface area contributed by atoms with Gasteiger partial charge in [-0.05, 0) is 28.0 Å². The Morgan fingerprint density at radius 1 is 1.11 bits per heavy atom. The van der Waals surface area contributed by atoms with Crippen LogP contribution in [0.25, 0.3) is 10.8 Å². The van der Waals surface area contributed by atoms with Gasteiger partial charge in [0, 0.05) is 19.9 Å². The van der Waals surface area contributed by atoms with Gasteiger partial charge in [-0.15, -0.1) is 0 Å². The monoisotopic (exact) mass is 243 g/mol. The average Bonchev–Trinajstić information content (AvgIpc) is 2.37. The standard InChI is InChI=1S/C15H17NO2/c1-11(17)18-7-6-12-2-4-15-9-13(10-16)3-5-14(15)8-12/h2-5,8-9H,6-7,10,16H2,1H3. The Morgan fingerprint density at radius 3 is 2.33 bits per heavy atom. The SMILES string of the molecule is CC(=O)OCCc1ccc2cc(CN)ccc2c1. The molecule has 0 radical (unpaired) electrons. The van der Waals surface area contributed by atoms with Crippen LogP contribution in [0.5, 0.6) is 0 Å². The van der Waals surface area contributed by atoms with E-state index in [2.05, 4.69) is 30.3 Å². The summed E-state index contributed by atoms with van der Waals surface area (Å²) in [5, 5.41) is 2.38. The first-order valence-electron chi connectivity index (χ1n) is 6.04. The molecule has 0 saturated carbocycles. The van der Waals surface area contributed by atoms with E-state index in [0.29, 0.717) is 13.2 Å². The lowest BCUT2D eigenvalue weighted by atomic mass is 10.0. The van der Waals surface area contributed by atoms with Gasteiger partial charge in [0.2, 0.25) is 0 Å². The number of carbonyl (C=O) groups excluding carboxylic acids is 1. The number of hydrogen-bond acceptors (Lipinski definition) is 3. The van der Waals surface area contributed by atoms with Crippen molar-refractivity contribution in [1.82, 2.24) is 0 Å². The van der Waals surface area contributed by atoms with Crippen molar-refractivity contribution in [2.45, 2.75) is 19.9 Å². The van der Waals surface area contributed by atoms with Gasteiger partial charge in [-0.25, -0.2) is 0 Å². The fourth-order valence-electron chi connectivity index (χ4n) is 1.94. The van der Waals surface area contributed by atoms with E-state index in [0.717, 1.165) is 12.0 Å². The van der Waals surface area contributed by atoms with Crippen LogP contribution in [-0.2, 0) is 22.5 Å². The number of benzene rings is 2. The molecule has 18 heavy (non-hydrogen) atoms. The summed E-state index contributed by atoms with van der Waals surface area (Å²) < 4.78 is 4.94. The molecule has 0 spiro atoms. The second-order valence-corrected chi connectivity index (χ2v) is 4.31. The third-order valence-electron chi connectivity index (χ3n) is 2.90. The van der Waals surface area contributed by atoms with Gasteiger partial charge in [-0.3, -0.25) is 4.79 Å². The van der Waals surface area contributed by atoms with Crippen LogP contribution in [0.1, 0.15) is 18.1 Å². The summed E-state index contributed by atoms with van der Waals surface area (Å²) in [7, 11) is 0. The van der Waals surface area contributed by atoms with Crippen LogP contribution in [0.4, 0.5) is 0 Å². The van der Waals surface area contributed by atoms with Crippen LogP contribution in [0, 0.1) is 0 Å². The minimum Gasteiger partial charge on any atom is -0.466 e. The summed E-state index contributed by atoms with van der Waals surface area (Å²) in [5.41, 5.74) is 7.92. The number of carbonyl (C=O) groups is 1. The number of fused-ring (bicyclic) bond motifs is 1. The van der Waals surface area contributed by atoms with Gasteiger partial charge in [0.15, 0.2) is 0 Å². The maximum Gasteiger partial charge on any atom is 0.302 e. The number of esters is 1. The molecule has 3 heteroatoms. The highest BCUT2D eigenvalue weighted by molar-refractivity contribution is 5.83. The highest BCUT2D eigenvalue weighted by Gasteiger charge is 1.99. The Labute approximate surface area is 107 Å². The van der Waals surface area contributed by atoms with E-state index in [1.54, 1.807) is 0 Å². The number of hydrogen-bond donors (Lipinski definition) is 1. The molecule has 2 aromatic rings. The van der Waals surface area contributed by atoms with Crippen molar-refractivity contribution in [2.75, 3.05) is 6.61 Å². The van der Waals surface area contributed by atoms with Crippen molar-refractivity contribution in [3.8, 4) is 0 Å². The molecular weight excluding hydrogens is 226 g/mol. The lowest BCUT2D eigenvalue weighted by Crippen LogP contribution is -2.03. The fourth-order valence-corrected chi connectivity index (χ4v) is 1.94. The van der Waals surface area contributed by atoms with Crippen LogP contribution in [0.2, 0.25) is 0 Å². The van der Waals surface area contributed by atoms with E-state index in [1.807, 2.05) is 6.07 Å². The van der Waals surface area contributed by atoms with Crippen molar-refractivity contribution in [1.29, 1.82) is 0 Å². The zero-order chi connectivity index (χ0) is 13.0. The topological polar surface area (TPSA) is 52.3 Å². The van der Waals surface area contributed by atoms with Gasteiger partial charge in [0.1, 0.15) is 0 Å². The van der Waals surface area contributed by atoms with Gasteiger partial charge < -0.3 is 10.5 Å². The molecule has 0 aliphatic heterocycles. The fraction of sp³-hybridized carbons (Fsp3) is 0.267. The van der Waals surface area contributed by atoms with Crippen molar-refractivity contribution in [2.24, 2.45) is 5.73 Å². The van der Waals surface area contributed by atoms with E-state index >= 15 is 0 Å². The summed E-state index contributed by atoms with van der Waals surface area (Å²) in [6, 6.07) is 12.5. The van der Waals surface area contributed by atoms with Gasteiger partial charge in [0.25, 0.3) is 0 Å². The third kappa shape index (κ3) is 3.08. The molecule has 0 fully saturated rings. The highest BCUT2D eigenvalue weighted by Crippen LogP contribution is 2.18. The lowest BCUT2D eigenvalue weighted by molar-refractivity contribution is -0.140. The molecule has 94 valence electrons. The van der Waals surface area contributed by atoms with Gasteiger partial charge >= 0.3 is 5.97 Å². The largest absolute Gasteiger partial charge is 0.466 e. The smallest absolute Gasteiger partial charge is 0.302 e. The first kappa shape index (κ1) is 12.6. The predicted molar refractivity (Wildman–Crippen MR) is 72.2 cm³/mol. The summed E-state index contributed by atoms with van der Waals surface area (Å²) in [5.74, 6) is -0.233. The summed E-state index contributed by atoms with van der Waals surface area (Å²) in [4.78, 5) is 10.7. The van der Waals surface area contributed by atoms with Gasteiger partial charge in [-0.1, -0.05) is 30.3 Å². The molecule has 2 rings (SSSR count).